The number of aromatic nitrogens is 4. The molecule has 1 atom stereocenters. The molecule has 7 heteroatoms. The summed E-state index contributed by atoms with van der Waals surface area (Å²) in [6.45, 7) is 5.20. The summed E-state index contributed by atoms with van der Waals surface area (Å²) in [6.07, 6.45) is 5.11. The summed E-state index contributed by atoms with van der Waals surface area (Å²) in [4.78, 5) is 15.7. The molecule has 130 valence electrons. The first kappa shape index (κ1) is 16.7. The fraction of sp³-hybridized carbons (Fsp3) is 0.588. The van der Waals surface area contributed by atoms with Crippen LogP contribution >= 0.6 is 0 Å². The summed E-state index contributed by atoms with van der Waals surface area (Å²) in [5.41, 5.74) is 2.44. The summed E-state index contributed by atoms with van der Waals surface area (Å²) in [5.74, 6) is 1.73. The Balaban J connectivity index is 1.64. The van der Waals surface area contributed by atoms with Gasteiger partial charge in [-0.05, 0) is 19.4 Å². The van der Waals surface area contributed by atoms with Crippen LogP contribution in [0.25, 0.3) is 0 Å². The monoisotopic (exact) mass is 329 g/mol. The average molecular weight is 329 g/mol. The third-order valence-electron chi connectivity index (χ3n) is 4.69. The SMILES string of the molecule is Cc1nn(C)cc1CN1CCC(N(C)c2ccnc(N(C)C)n2)C1. The van der Waals surface area contributed by atoms with E-state index in [0.717, 1.165) is 43.5 Å². The van der Waals surface area contributed by atoms with Crippen LogP contribution in [0.3, 0.4) is 0 Å². The van der Waals surface area contributed by atoms with E-state index in [1.165, 1.54) is 5.56 Å². The fourth-order valence-corrected chi connectivity index (χ4v) is 3.25. The molecular weight excluding hydrogens is 302 g/mol. The fourth-order valence-electron chi connectivity index (χ4n) is 3.25. The van der Waals surface area contributed by atoms with Gasteiger partial charge < -0.3 is 9.80 Å². The van der Waals surface area contributed by atoms with Crippen LogP contribution in [0.15, 0.2) is 18.5 Å². The summed E-state index contributed by atoms with van der Waals surface area (Å²) >= 11 is 0. The Morgan fingerprint density at radius 1 is 1.29 bits per heavy atom. The van der Waals surface area contributed by atoms with Crippen molar-refractivity contribution in [3.63, 3.8) is 0 Å². The zero-order valence-electron chi connectivity index (χ0n) is 15.3. The molecule has 2 aromatic rings. The molecular formula is C17H27N7. The second-order valence-corrected chi connectivity index (χ2v) is 6.81. The van der Waals surface area contributed by atoms with Crippen LogP contribution in [-0.4, -0.2) is 64.9 Å². The summed E-state index contributed by atoms with van der Waals surface area (Å²) in [5, 5.41) is 4.44. The molecule has 0 aromatic carbocycles. The van der Waals surface area contributed by atoms with Crippen molar-refractivity contribution in [3.8, 4) is 0 Å². The van der Waals surface area contributed by atoms with E-state index < -0.39 is 0 Å². The van der Waals surface area contributed by atoms with Gasteiger partial charge in [-0.15, -0.1) is 0 Å². The molecule has 0 radical (unpaired) electrons. The predicted molar refractivity (Wildman–Crippen MR) is 96.4 cm³/mol. The van der Waals surface area contributed by atoms with Gasteiger partial charge in [0.2, 0.25) is 5.95 Å². The number of anilines is 2. The minimum Gasteiger partial charge on any atom is -0.355 e. The molecule has 0 spiro atoms. The molecule has 7 nitrogen and oxygen atoms in total. The van der Waals surface area contributed by atoms with Gasteiger partial charge in [0, 0.05) is 71.8 Å². The highest BCUT2D eigenvalue weighted by atomic mass is 15.3. The van der Waals surface area contributed by atoms with Gasteiger partial charge in [0.25, 0.3) is 0 Å². The number of hydrogen-bond donors (Lipinski definition) is 0. The molecule has 0 aliphatic carbocycles. The average Bonchev–Trinajstić information content (AvgIpc) is 3.14. The highest BCUT2D eigenvalue weighted by Crippen LogP contribution is 2.22. The smallest absolute Gasteiger partial charge is 0.226 e. The molecule has 24 heavy (non-hydrogen) atoms. The van der Waals surface area contributed by atoms with Crippen LogP contribution in [0.2, 0.25) is 0 Å². The number of hydrogen-bond acceptors (Lipinski definition) is 6. The third-order valence-corrected chi connectivity index (χ3v) is 4.69. The number of likely N-dealkylation sites (tertiary alicyclic amines) is 1. The first-order valence-electron chi connectivity index (χ1n) is 8.38. The lowest BCUT2D eigenvalue weighted by Crippen LogP contribution is -2.35. The molecule has 1 aliphatic heterocycles. The number of rotatable bonds is 5. The first-order valence-corrected chi connectivity index (χ1v) is 8.38. The number of likely N-dealkylation sites (N-methyl/N-ethyl adjacent to an activating group) is 1. The maximum absolute atomic E-state index is 4.65. The van der Waals surface area contributed by atoms with E-state index in [1.54, 1.807) is 0 Å². The van der Waals surface area contributed by atoms with E-state index in [9.17, 15) is 0 Å². The van der Waals surface area contributed by atoms with Crippen molar-refractivity contribution in [1.82, 2.24) is 24.6 Å². The lowest BCUT2D eigenvalue weighted by atomic mass is 10.2. The van der Waals surface area contributed by atoms with Gasteiger partial charge in [-0.25, -0.2) is 4.98 Å². The first-order chi connectivity index (χ1) is 11.4. The predicted octanol–water partition coefficient (Wildman–Crippen LogP) is 1.30. The largest absolute Gasteiger partial charge is 0.355 e. The lowest BCUT2D eigenvalue weighted by molar-refractivity contribution is 0.325. The van der Waals surface area contributed by atoms with Gasteiger partial charge in [-0.3, -0.25) is 9.58 Å². The van der Waals surface area contributed by atoms with Crippen LogP contribution in [0, 0.1) is 6.92 Å². The second-order valence-electron chi connectivity index (χ2n) is 6.81. The summed E-state index contributed by atoms with van der Waals surface area (Å²) in [6, 6.07) is 2.47. The molecule has 1 unspecified atom stereocenters. The van der Waals surface area contributed by atoms with Crippen LogP contribution in [0.4, 0.5) is 11.8 Å². The minimum atomic E-state index is 0.479. The van der Waals surface area contributed by atoms with E-state index in [4.69, 9.17) is 0 Å². The van der Waals surface area contributed by atoms with Crippen molar-refractivity contribution in [2.45, 2.75) is 25.9 Å². The van der Waals surface area contributed by atoms with Crippen molar-refractivity contribution < 1.29 is 0 Å². The van der Waals surface area contributed by atoms with E-state index in [0.29, 0.717) is 6.04 Å². The minimum absolute atomic E-state index is 0.479. The van der Waals surface area contributed by atoms with Crippen molar-refractivity contribution >= 4 is 11.8 Å². The van der Waals surface area contributed by atoms with Crippen LogP contribution in [-0.2, 0) is 13.6 Å². The molecule has 3 rings (SSSR count). The quantitative estimate of drug-likeness (QED) is 0.824. The maximum Gasteiger partial charge on any atom is 0.226 e. The Morgan fingerprint density at radius 3 is 2.75 bits per heavy atom. The Bertz CT molecular complexity index is 694. The standard InChI is InChI=1S/C17H27N7/c1-13-14(10-22(4)20-13)11-24-9-7-15(12-24)23(5)16-6-8-18-17(19-16)21(2)3/h6,8,10,15H,7,9,11-12H2,1-5H3. The number of nitrogens with zero attached hydrogens (tertiary/aromatic N) is 7. The Labute approximate surface area is 143 Å². The topological polar surface area (TPSA) is 53.3 Å². The molecule has 2 aromatic heterocycles. The van der Waals surface area contributed by atoms with E-state index in [1.807, 2.05) is 43.0 Å². The van der Waals surface area contributed by atoms with Gasteiger partial charge in [0.1, 0.15) is 5.82 Å². The molecule has 3 heterocycles. The third kappa shape index (κ3) is 3.51. The van der Waals surface area contributed by atoms with Crippen molar-refractivity contribution in [1.29, 1.82) is 0 Å². The highest BCUT2D eigenvalue weighted by Gasteiger charge is 2.27. The van der Waals surface area contributed by atoms with Crippen molar-refractivity contribution in [2.75, 3.05) is 44.0 Å². The van der Waals surface area contributed by atoms with E-state index >= 15 is 0 Å². The molecule has 0 amide bonds. The van der Waals surface area contributed by atoms with Crippen LogP contribution in [0.1, 0.15) is 17.7 Å². The van der Waals surface area contributed by atoms with Crippen LogP contribution < -0.4 is 9.80 Å². The number of aryl methyl sites for hydroxylation is 2. The van der Waals surface area contributed by atoms with E-state index in [2.05, 4.69) is 45.0 Å². The van der Waals surface area contributed by atoms with Gasteiger partial charge >= 0.3 is 0 Å². The summed E-state index contributed by atoms with van der Waals surface area (Å²) in [7, 11) is 8.04. The van der Waals surface area contributed by atoms with Crippen molar-refractivity contribution in [3.05, 3.63) is 29.7 Å². The molecule has 1 fully saturated rings. The second kappa shape index (κ2) is 6.76. The highest BCUT2D eigenvalue weighted by molar-refractivity contribution is 5.43. The maximum atomic E-state index is 4.65. The normalized spacial score (nSPS) is 18.1. The Hall–Kier alpha value is -2.15. The van der Waals surface area contributed by atoms with Gasteiger partial charge in [0.05, 0.1) is 5.69 Å². The molecule has 0 saturated carbocycles. The van der Waals surface area contributed by atoms with Gasteiger partial charge in [0.15, 0.2) is 0 Å². The Morgan fingerprint density at radius 2 is 2.08 bits per heavy atom. The van der Waals surface area contributed by atoms with Crippen molar-refractivity contribution in [2.24, 2.45) is 7.05 Å². The zero-order valence-corrected chi connectivity index (χ0v) is 15.3. The molecule has 0 N–H and O–H groups in total. The van der Waals surface area contributed by atoms with Crippen LogP contribution in [0.5, 0.6) is 0 Å². The molecule has 0 bridgehead atoms. The zero-order chi connectivity index (χ0) is 17.3. The van der Waals surface area contributed by atoms with E-state index in [-0.39, 0.29) is 0 Å². The molecule has 1 aliphatic rings. The Kier molecular flexibility index (Phi) is 4.71. The lowest BCUT2D eigenvalue weighted by Gasteiger charge is -2.26. The summed E-state index contributed by atoms with van der Waals surface area (Å²) < 4.78 is 1.90. The van der Waals surface area contributed by atoms with Gasteiger partial charge in [-0.2, -0.15) is 10.1 Å². The van der Waals surface area contributed by atoms with Gasteiger partial charge in [-0.1, -0.05) is 0 Å². The molecule has 1 saturated heterocycles.